The summed E-state index contributed by atoms with van der Waals surface area (Å²) in [5.41, 5.74) is 2.69. The minimum absolute atomic E-state index is 0.825. The number of imidazole rings is 1. The fraction of sp³-hybridized carbons (Fsp3) is 0.727. The molecule has 0 saturated carbocycles. The lowest BCUT2D eigenvalue weighted by atomic mass is 10.0. The van der Waals surface area contributed by atoms with Crippen molar-refractivity contribution in [1.82, 2.24) is 9.55 Å². The van der Waals surface area contributed by atoms with Crippen LogP contribution in [-0.4, -0.2) is 9.55 Å². The van der Waals surface area contributed by atoms with Crippen LogP contribution in [0.2, 0.25) is 0 Å². The molecule has 2 heterocycles. The number of aromatic nitrogens is 2. The van der Waals surface area contributed by atoms with E-state index < -0.39 is 0 Å². The van der Waals surface area contributed by atoms with Gasteiger partial charge in [0.1, 0.15) is 5.82 Å². The molecule has 0 radical (unpaired) electrons. The van der Waals surface area contributed by atoms with Gasteiger partial charge in [-0.1, -0.05) is 13.8 Å². The number of hydrogen-bond acceptors (Lipinski definition) is 1. The molecule has 0 bridgehead atoms. The van der Waals surface area contributed by atoms with Gasteiger partial charge in [0, 0.05) is 18.7 Å². The van der Waals surface area contributed by atoms with Gasteiger partial charge in [0.15, 0.2) is 0 Å². The molecule has 0 spiro atoms. The van der Waals surface area contributed by atoms with Crippen molar-refractivity contribution in [3.63, 3.8) is 0 Å². The number of aryl methyl sites for hydroxylation is 2. The summed E-state index contributed by atoms with van der Waals surface area (Å²) in [5.74, 6) is 2.14. The van der Waals surface area contributed by atoms with Crippen molar-refractivity contribution in [3.8, 4) is 0 Å². The average molecular weight is 178 g/mol. The number of hydrogen-bond donors (Lipinski definition) is 0. The van der Waals surface area contributed by atoms with E-state index in [1.165, 1.54) is 36.6 Å². The van der Waals surface area contributed by atoms with Gasteiger partial charge in [-0.2, -0.15) is 0 Å². The van der Waals surface area contributed by atoms with Crippen LogP contribution >= 0.6 is 0 Å². The molecule has 0 N–H and O–H groups in total. The maximum absolute atomic E-state index is 4.62. The Labute approximate surface area is 80.0 Å². The first kappa shape index (κ1) is 8.79. The first-order chi connectivity index (χ1) is 6.22. The van der Waals surface area contributed by atoms with E-state index >= 15 is 0 Å². The van der Waals surface area contributed by atoms with E-state index in [-0.39, 0.29) is 0 Å². The molecule has 1 unspecified atom stereocenters. The summed E-state index contributed by atoms with van der Waals surface area (Å²) in [7, 11) is 0. The van der Waals surface area contributed by atoms with Crippen molar-refractivity contribution < 1.29 is 0 Å². The van der Waals surface area contributed by atoms with Crippen LogP contribution in [0.25, 0.3) is 0 Å². The fourth-order valence-corrected chi connectivity index (χ4v) is 2.30. The molecule has 0 fully saturated rings. The summed E-state index contributed by atoms with van der Waals surface area (Å²) in [4.78, 5) is 4.62. The van der Waals surface area contributed by atoms with Crippen LogP contribution in [0.15, 0.2) is 0 Å². The summed E-state index contributed by atoms with van der Waals surface area (Å²) in [6.45, 7) is 7.86. The highest BCUT2D eigenvalue weighted by Crippen LogP contribution is 2.22. The average Bonchev–Trinajstić information content (AvgIpc) is 2.40. The Kier molecular flexibility index (Phi) is 2.14. The molecule has 0 amide bonds. The largest absolute Gasteiger partial charge is 0.332 e. The zero-order chi connectivity index (χ0) is 9.42. The Hall–Kier alpha value is -0.790. The molecule has 1 atom stereocenters. The number of rotatable bonds is 1. The molecular formula is C11H18N2. The summed E-state index contributed by atoms with van der Waals surface area (Å²) >= 11 is 0. The molecule has 0 aromatic carbocycles. The van der Waals surface area contributed by atoms with Crippen LogP contribution in [0.3, 0.4) is 0 Å². The number of nitrogens with zero attached hydrogens (tertiary/aromatic N) is 2. The Balaban J connectivity index is 2.42. The van der Waals surface area contributed by atoms with Crippen molar-refractivity contribution >= 4 is 0 Å². The van der Waals surface area contributed by atoms with Gasteiger partial charge in [-0.3, -0.25) is 0 Å². The van der Waals surface area contributed by atoms with Crippen molar-refractivity contribution in [2.45, 2.75) is 46.6 Å². The normalized spacial score (nSPS) is 21.6. The minimum atomic E-state index is 0.825. The lowest BCUT2D eigenvalue weighted by Crippen LogP contribution is -2.19. The second kappa shape index (κ2) is 3.17. The van der Waals surface area contributed by atoms with Crippen molar-refractivity contribution in [3.05, 3.63) is 17.2 Å². The molecule has 1 aliphatic heterocycles. The SMILES string of the molecule is CCc1c(C)nc2n1CC(C)CC2. The predicted molar refractivity (Wildman–Crippen MR) is 53.8 cm³/mol. The van der Waals surface area contributed by atoms with Gasteiger partial charge in [0.25, 0.3) is 0 Å². The topological polar surface area (TPSA) is 17.8 Å². The second-order valence-electron chi connectivity index (χ2n) is 4.17. The van der Waals surface area contributed by atoms with E-state index in [1.807, 2.05) is 0 Å². The van der Waals surface area contributed by atoms with Crippen LogP contribution in [-0.2, 0) is 19.4 Å². The molecule has 1 aliphatic rings. The predicted octanol–water partition coefficient (Wildman–Crippen LogP) is 2.34. The Bertz CT molecular complexity index is 312. The van der Waals surface area contributed by atoms with Crippen molar-refractivity contribution in [2.24, 2.45) is 5.92 Å². The monoisotopic (exact) mass is 178 g/mol. The summed E-state index contributed by atoms with van der Waals surface area (Å²) < 4.78 is 2.43. The van der Waals surface area contributed by atoms with Gasteiger partial charge in [-0.25, -0.2) is 4.98 Å². The fourth-order valence-electron chi connectivity index (χ4n) is 2.30. The highest BCUT2D eigenvalue weighted by atomic mass is 15.1. The molecule has 2 heteroatoms. The molecule has 0 aliphatic carbocycles. The molecule has 72 valence electrons. The van der Waals surface area contributed by atoms with E-state index in [1.54, 1.807) is 0 Å². The van der Waals surface area contributed by atoms with Gasteiger partial charge in [0.2, 0.25) is 0 Å². The van der Waals surface area contributed by atoms with Crippen molar-refractivity contribution in [2.75, 3.05) is 0 Å². The van der Waals surface area contributed by atoms with E-state index in [4.69, 9.17) is 0 Å². The van der Waals surface area contributed by atoms with Gasteiger partial charge >= 0.3 is 0 Å². The molecule has 1 aromatic rings. The third-order valence-electron chi connectivity index (χ3n) is 3.04. The molecule has 2 nitrogen and oxygen atoms in total. The lowest BCUT2D eigenvalue weighted by Gasteiger charge is -2.21. The van der Waals surface area contributed by atoms with Crippen LogP contribution in [0, 0.1) is 12.8 Å². The Morgan fingerprint density at radius 2 is 2.31 bits per heavy atom. The second-order valence-corrected chi connectivity index (χ2v) is 4.17. The Morgan fingerprint density at radius 3 is 3.00 bits per heavy atom. The van der Waals surface area contributed by atoms with E-state index in [2.05, 4.69) is 30.3 Å². The van der Waals surface area contributed by atoms with Crippen molar-refractivity contribution in [1.29, 1.82) is 0 Å². The Morgan fingerprint density at radius 1 is 1.54 bits per heavy atom. The van der Waals surface area contributed by atoms with Crippen LogP contribution < -0.4 is 0 Å². The summed E-state index contributed by atoms with van der Waals surface area (Å²) in [6, 6.07) is 0. The van der Waals surface area contributed by atoms with Gasteiger partial charge < -0.3 is 4.57 Å². The molecule has 13 heavy (non-hydrogen) atoms. The van der Waals surface area contributed by atoms with E-state index in [0.717, 1.165) is 12.3 Å². The lowest BCUT2D eigenvalue weighted by molar-refractivity contribution is 0.387. The van der Waals surface area contributed by atoms with Gasteiger partial charge in [-0.15, -0.1) is 0 Å². The summed E-state index contributed by atoms with van der Waals surface area (Å²) in [6.07, 6.45) is 3.59. The van der Waals surface area contributed by atoms with Gasteiger partial charge in [0.05, 0.1) is 5.69 Å². The highest BCUT2D eigenvalue weighted by Gasteiger charge is 2.19. The quantitative estimate of drug-likeness (QED) is 0.645. The zero-order valence-corrected chi connectivity index (χ0v) is 8.80. The molecular weight excluding hydrogens is 160 g/mol. The third kappa shape index (κ3) is 1.38. The number of fused-ring (bicyclic) bond motifs is 1. The van der Waals surface area contributed by atoms with Crippen LogP contribution in [0.4, 0.5) is 0 Å². The first-order valence-electron chi connectivity index (χ1n) is 5.27. The maximum atomic E-state index is 4.62. The summed E-state index contributed by atoms with van der Waals surface area (Å²) in [5, 5.41) is 0. The van der Waals surface area contributed by atoms with Crippen LogP contribution in [0.5, 0.6) is 0 Å². The smallest absolute Gasteiger partial charge is 0.109 e. The van der Waals surface area contributed by atoms with E-state index in [9.17, 15) is 0 Å². The molecule has 0 saturated heterocycles. The molecule has 1 aromatic heterocycles. The minimum Gasteiger partial charge on any atom is -0.332 e. The third-order valence-corrected chi connectivity index (χ3v) is 3.04. The zero-order valence-electron chi connectivity index (χ0n) is 8.80. The maximum Gasteiger partial charge on any atom is 0.109 e. The van der Waals surface area contributed by atoms with Crippen LogP contribution in [0.1, 0.15) is 37.5 Å². The first-order valence-corrected chi connectivity index (χ1v) is 5.27. The van der Waals surface area contributed by atoms with E-state index in [0.29, 0.717) is 0 Å². The highest BCUT2D eigenvalue weighted by molar-refractivity contribution is 5.17. The van der Waals surface area contributed by atoms with Gasteiger partial charge in [-0.05, 0) is 25.7 Å². The molecule has 2 rings (SSSR count). The standard InChI is InChI=1S/C11H18N2/c1-4-10-9(3)12-11-6-5-8(2)7-13(10)11/h8H,4-7H2,1-3H3.